The summed E-state index contributed by atoms with van der Waals surface area (Å²) in [6.45, 7) is 4.63. The van der Waals surface area contributed by atoms with Gasteiger partial charge >= 0.3 is 0 Å². The Morgan fingerprint density at radius 2 is 2.00 bits per heavy atom. The third-order valence-corrected chi connectivity index (χ3v) is 4.38. The van der Waals surface area contributed by atoms with Crippen molar-refractivity contribution in [2.75, 3.05) is 29.9 Å². The lowest BCUT2D eigenvalue weighted by molar-refractivity contribution is -0.384. The first-order valence-electron chi connectivity index (χ1n) is 8.30. The van der Waals surface area contributed by atoms with E-state index in [0.29, 0.717) is 22.4 Å². The van der Waals surface area contributed by atoms with Gasteiger partial charge in [0.25, 0.3) is 5.69 Å². The quantitative estimate of drug-likeness (QED) is 0.299. The van der Waals surface area contributed by atoms with Gasteiger partial charge in [-0.25, -0.2) is 0 Å². The van der Waals surface area contributed by atoms with Gasteiger partial charge in [0.2, 0.25) is 0 Å². The minimum absolute atomic E-state index is 0.0406. The van der Waals surface area contributed by atoms with Crippen LogP contribution in [0.25, 0.3) is 0 Å². The number of thiocarbonyl (C=S) groups is 1. The summed E-state index contributed by atoms with van der Waals surface area (Å²) in [5, 5.41) is 17.6. The van der Waals surface area contributed by atoms with Gasteiger partial charge in [-0.2, -0.15) is 0 Å². The third-order valence-electron chi connectivity index (χ3n) is 3.80. The summed E-state index contributed by atoms with van der Waals surface area (Å²) in [5.41, 5.74) is 1.57. The number of nitro groups is 1. The highest BCUT2D eigenvalue weighted by atomic mass is 35.5. The number of para-hydroxylation sites is 1. The molecule has 0 saturated heterocycles. The Morgan fingerprint density at radius 1 is 1.27 bits per heavy atom. The minimum Gasteiger partial charge on any atom is -0.372 e. The van der Waals surface area contributed by atoms with E-state index in [1.54, 1.807) is 0 Å². The first kappa shape index (κ1) is 19.9. The monoisotopic (exact) mass is 392 g/mol. The Kier molecular flexibility index (Phi) is 7.62. The van der Waals surface area contributed by atoms with E-state index in [4.69, 9.17) is 23.8 Å². The van der Waals surface area contributed by atoms with Crippen molar-refractivity contribution in [3.05, 3.63) is 63.7 Å². The molecule has 6 nitrogen and oxygen atoms in total. The van der Waals surface area contributed by atoms with Crippen molar-refractivity contribution < 1.29 is 4.92 Å². The molecule has 2 N–H and O–H groups in total. The molecule has 8 heteroatoms. The topological polar surface area (TPSA) is 70.4 Å². The fourth-order valence-electron chi connectivity index (χ4n) is 2.47. The molecule has 2 aromatic carbocycles. The lowest BCUT2D eigenvalue weighted by Gasteiger charge is -2.23. The molecule has 2 aromatic rings. The van der Waals surface area contributed by atoms with Gasteiger partial charge in [-0.1, -0.05) is 29.8 Å². The molecule has 2 rings (SSSR count). The Labute approximate surface area is 163 Å². The maximum atomic E-state index is 10.9. The number of halogens is 1. The van der Waals surface area contributed by atoms with E-state index in [9.17, 15) is 10.1 Å². The number of rotatable bonds is 8. The van der Waals surface area contributed by atoms with Gasteiger partial charge in [-0.05, 0) is 43.8 Å². The number of nitrogens with zero attached hydrogens (tertiary/aromatic N) is 2. The van der Waals surface area contributed by atoms with Crippen LogP contribution in [0.2, 0.25) is 5.02 Å². The summed E-state index contributed by atoms with van der Waals surface area (Å²) < 4.78 is 0. The van der Waals surface area contributed by atoms with Gasteiger partial charge < -0.3 is 15.5 Å². The molecule has 0 unspecified atom stereocenters. The van der Waals surface area contributed by atoms with E-state index >= 15 is 0 Å². The van der Waals surface area contributed by atoms with Crippen molar-refractivity contribution >= 4 is 46.0 Å². The second kappa shape index (κ2) is 9.94. The maximum Gasteiger partial charge on any atom is 0.271 e. The molecule has 138 valence electrons. The summed E-state index contributed by atoms with van der Waals surface area (Å²) >= 11 is 11.3. The van der Waals surface area contributed by atoms with Crippen LogP contribution in [0.3, 0.4) is 0 Å². The molecular formula is C18H21ClN4O2S. The van der Waals surface area contributed by atoms with Gasteiger partial charge in [-0.15, -0.1) is 0 Å². The molecule has 0 fully saturated rings. The second-order valence-electron chi connectivity index (χ2n) is 5.57. The largest absolute Gasteiger partial charge is 0.372 e. The second-order valence-corrected chi connectivity index (χ2v) is 6.39. The van der Waals surface area contributed by atoms with Crippen molar-refractivity contribution in [1.82, 2.24) is 5.32 Å². The zero-order valence-electron chi connectivity index (χ0n) is 14.4. The van der Waals surface area contributed by atoms with E-state index in [1.807, 2.05) is 18.2 Å². The lowest BCUT2D eigenvalue weighted by Crippen LogP contribution is -2.32. The van der Waals surface area contributed by atoms with Gasteiger partial charge in [0.05, 0.1) is 15.6 Å². The highest BCUT2D eigenvalue weighted by Crippen LogP contribution is 2.26. The Morgan fingerprint density at radius 3 is 2.65 bits per heavy atom. The first-order chi connectivity index (χ1) is 12.5. The molecule has 0 atom stereocenters. The Bertz CT molecular complexity index is 758. The molecule has 0 heterocycles. The van der Waals surface area contributed by atoms with Crippen LogP contribution >= 0.6 is 23.8 Å². The zero-order valence-corrected chi connectivity index (χ0v) is 16.0. The molecule has 0 aliphatic rings. The predicted octanol–water partition coefficient (Wildman–Crippen LogP) is 4.45. The molecule has 0 aromatic heterocycles. The van der Waals surface area contributed by atoms with Gasteiger partial charge in [-0.3, -0.25) is 10.1 Å². The van der Waals surface area contributed by atoms with Crippen molar-refractivity contribution in [1.29, 1.82) is 0 Å². The van der Waals surface area contributed by atoms with Crippen LogP contribution in [0.4, 0.5) is 17.1 Å². The van der Waals surface area contributed by atoms with Crippen LogP contribution in [0.1, 0.15) is 13.3 Å². The number of nitro benzene ring substituents is 1. The summed E-state index contributed by atoms with van der Waals surface area (Å²) in [6.07, 6.45) is 0.896. The van der Waals surface area contributed by atoms with Gasteiger partial charge in [0.1, 0.15) is 0 Å². The summed E-state index contributed by atoms with van der Waals surface area (Å²) in [6, 6.07) is 14.4. The fraction of sp³-hybridized carbons (Fsp3) is 0.278. The van der Waals surface area contributed by atoms with E-state index in [1.165, 1.54) is 23.9 Å². The zero-order chi connectivity index (χ0) is 18.9. The molecule has 0 amide bonds. The third kappa shape index (κ3) is 5.86. The number of non-ortho nitro benzene ring substituents is 1. The standard InChI is InChI=1S/C18H21ClN4O2S/c1-2-22(14-7-4-3-5-8-14)12-6-11-20-18(26)21-17-13-15(23(24)25)9-10-16(17)19/h3-5,7-10,13H,2,6,11-12H2,1H3,(H2,20,21,26). The molecule has 0 aliphatic heterocycles. The number of anilines is 2. The van der Waals surface area contributed by atoms with E-state index in [0.717, 1.165) is 19.5 Å². The average molecular weight is 393 g/mol. The Hall–Kier alpha value is -2.38. The summed E-state index contributed by atoms with van der Waals surface area (Å²) in [5.74, 6) is 0. The normalized spacial score (nSPS) is 10.2. The molecule has 0 aliphatic carbocycles. The molecular weight excluding hydrogens is 372 g/mol. The highest BCUT2D eigenvalue weighted by molar-refractivity contribution is 7.80. The molecule has 0 saturated carbocycles. The fourth-order valence-corrected chi connectivity index (χ4v) is 2.85. The number of benzene rings is 2. The number of nitrogens with one attached hydrogen (secondary N) is 2. The van der Waals surface area contributed by atoms with Crippen LogP contribution in [-0.2, 0) is 0 Å². The van der Waals surface area contributed by atoms with Crippen LogP contribution in [0.15, 0.2) is 48.5 Å². The summed E-state index contributed by atoms with van der Waals surface area (Å²) in [7, 11) is 0. The van der Waals surface area contributed by atoms with Crippen molar-refractivity contribution in [3.63, 3.8) is 0 Å². The van der Waals surface area contributed by atoms with E-state index < -0.39 is 4.92 Å². The molecule has 0 radical (unpaired) electrons. The van der Waals surface area contributed by atoms with Crippen LogP contribution in [-0.4, -0.2) is 29.7 Å². The number of hydrogen-bond acceptors (Lipinski definition) is 4. The summed E-state index contributed by atoms with van der Waals surface area (Å²) in [4.78, 5) is 12.7. The maximum absolute atomic E-state index is 10.9. The van der Waals surface area contributed by atoms with Crippen LogP contribution < -0.4 is 15.5 Å². The van der Waals surface area contributed by atoms with E-state index in [2.05, 4.69) is 34.6 Å². The highest BCUT2D eigenvalue weighted by Gasteiger charge is 2.10. The number of hydrogen-bond donors (Lipinski definition) is 2. The predicted molar refractivity (Wildman–Crippen MR) is 111 cm³/mol. The smallest absolute Gasteiger partial charge is 0.271 e. The Balaban J connectivity index is 1.80. The van der Waals surface area contributed by atoms with Crippen molar-refractivity contribution in [2.24, 2.45) is 0 Å². The lowest BCUT2D eigenvalue weighted by atomic mass is 10.2. The van der Waals surface area contributed by atoms with Crippen molar-refractivity contribution in [2.45, 2.75) is 13.3 Å². The van der Waals surface area contributed by atoms with Gasteiger partial charge in [0.15, 0.2) is 5.11 Å². The molecule has 0 spiro atoms. The SMILES string of the molecule is CCN(CCCNC(=S)Nc1cc([N+](=O)[O-])ccc1Cl)c1ccccc1. The van der Waals surface area contributed by atoms with Gasteiger partial charge in [0, 0.05) is 37.5 Å². The van der Waals surface area contributed by atoms with E-state index in [-0.39, 0.29) is 5.69 Å². The first-order valence-corrected chi connectivity index (χ1v) is 9.08. The van der Waals surface area contributed by atoms with Crippen LogP contribution in [0.5, 0.6) is 0 Å². The minimum atomic E-state index is -0.471. The van der Waals surface area contributed by atoms with Crippen molar-refractivity contribution in [3.8, 4) is 0 Å². The molecule has 26 heavy (non-hydrogen) atoms. The average Bonchev–Trinajstić information content (AvgIpc) is 2.64. The van der Waals surface area contributed by atoms with Crippen LogP contribution in [0, 0.1) is 10.1 Å². The molecule has 0 bridgehead atoms.